The molecule has 0 aliphatic carbocycles. The number of aliphatic hydroxyl groups excluding tert-OH is 1. The Hall–Kier alpha value is -3.00. The fourth-order valence-electron chi connectivity index (χ4n) is 2.21. The van der Waals surface area contributed by atoms with Crippen molar-refractivity contribution >= 4 is 28.2 Å². The van der Waals surface area contributed by atoms with E-state index in [1.807, 2.05) is 0 Å². The molecule has 0 spiro atoms. The molecule has 0 fully saturated rings. The standard InChI is InChI=1S/C16H18N6O2/c1-10(9-23)19-15-14-11(3-6-22(2)16(14)24)7-12(21-15)20-13-8-17-4-5-18-13/h3-8,10,23H,9H2,1-2H3,(H2,18,19,20,21)/t10-/m0/s1/i2D3. The van der Waals surface area contributed by atoms with Crippen LogP contribution in [0.5, 0.6) is 0 Å². The van der Waals surface area contributed by atoms with Crippen molar-refractivity contribution in [2.45, 2.75) is 13.0 Å². The third kappa shape index (κ3) is 3.18. The van der Waals surface area contributed by atoms with Crippen LogP contribution in [-0.4, -0.2) is 37.3 Å². The van der Waals surface area contributed by atoms with E-state index in [-0.39, 0.29) is 17.8 Å². The minimum Gasteiger partial charge on any atom is -0.394 e. The maximum atomic E-state index is 12.8. The number of aryl methyl sites for hydroxylation is 1. The number of pyridine rings is 2. The monoisotopic (exact) mass is 329 g/mol. The second-order valence-electron chi connectivity index (χ2n) is 5.25. The molecule has 24 heavy (non-hydrogen) atoms. The average Bonchev–Trinajstić information content (AvgIpc) is 2.61. The van der Waals surface area contributed by atoms with Crippen molar-refractivity contribution in [3.05, 3.63) is 47.3 Å². The number of aromatic nitrogens is 4. The van der Waals surface area contributed by atoms with Crippen molar-refractivity contribution in [1.29, 1.82) is 0 Å². The molecule has 0 aliphatic rings. The van der Waals surface area contributed by atoms with Gasteiger partial charge in [-0.2, -0.15) is 0 Å². The second-order valence-corrected chi connectivity index (χ2v) is 5.25. The molecule has 0 radical (unpaired) electrons. The van der Waals surface area contributed by atoms with E-state index in [4.69, 9.17) is 4.11 Å². The van der Waals surface area contributed by atoms with Gasteiger partial charge in [0.2, 0.25) is 0 Å². The molecule has 3 heterocycles. The maximum Gasteiger partial charge on any atom is 0.261 e. The summed E-state index contributed by atoms with van der Waals surface area (Å²) in [7, 11) is 0. The predicted molar refractivity (Wildman–Crippen MR) is 92.5 cm³/mol. The zero-order valence-electron chi connectivity index (χ0n) is 15.9. The Bertz CT molecular complexity index is 1010. The topological polar surface area (TPSA) is 105 Å². The van der Waals surface area contributed by atoms with E-state index in [9.17, 15) is 9.90 Å². The maximum absolute atomic E-state index is 12.8. The van der Waals surface area contributed by atoms with Gasteiger partial charge in [0.1, 0.15) is 17.5 Å². The summed E-state index contributed by atoms with van der Waals surface area (Å²) in [6.07, 6.45) is 5.79. The van der Waals surface area contributed by atoms with Gasteiger partial charge < -0.3 is 20.3 Å². The van der Waals surface area contributed by atoms with E-state index in [0.29, 0.717) is 21.6 Å². The summed E-state index contributed by atoms with van der Waals surface area (Å²) in [4.78, 5) is 25.2. The molecular weight excluding hydrogens is 308 g/mol. The lowest BCUT2D eigenvalue weighted by Gasteiger charge is -2.15. The van der Waals surface area contributed by atoms with E-state index < -0.39 is 18.6 Å². The summed E-state index contributed by atoms with van der Waals surface area (Å²) in [5, 5.41) is 15.9. The zero-order valence-corrected chi connectivity index (χ0v) is 12.9. The van der Waals surface area contributed by atoms with Gasteiger partial charge >= 0.3 is 0 Å². The van der Waals surface area contributed by atoms with Gasteiger partial charge in [0.25, 0.3) is 5.56 Å². The van der Waals surface area contributed by atoms with Crippen LogP contribution < -0.4 is 16.2 Å². The van der Waals surface area contributed by atoms with Gasteiger partial charge in [-0.1, -0.05) is 0 Å². The van der Waals surface area contributed by atoms with Crippen molar-refractivity contribution in [2.75, 3.05) is 17.2 Å². The smallest absolute Gasteiger partial charge is 0.261 e. The zero-order chi connectivity index (χ0) is 19.6. The molecule has 3 rings (SSSR count). The molecule has 1 atom stereocenters. The van der Waals surface area contributed by atoms with Crippen LogP contribution in [0, 0.1) is 0 Å². The first-order chi connectivity index (χ1) is 12.8. The summed E-state index contributed by atoms with van der Waals surface area (Å²) >= 11 is 0. The van der Waals surface area contributed by atoms with Crippen LogP contribution >= 0.6 is 0 Å². The lowest BCUT2D eigenvalue weighted by Crippen LogP contribution is -2.23. The van der Waals surface area contributed by atoms with Gasteiger partial charge in [0, 0.05) is 35.7 Å². The van der Waals surface area contributed by atoms with Crippen molar-refractivity contribution in [3.8, 4) is 0 Å². The number of nitrogens with one attached hydrogen (secondary N) is 2. The molecule has 0 saturated heterocycles. The van der Waals surface area contributed by atoms with E-state index >= 15 is 0 Å². The summed E-state index contributed by atoms with van der Waals surface area (Å²) in [5.74, 6) is 1.02. The molecule has 0 amide bonds. The van der Waals surface area contributed by atoms with Gasteiger partial charge in [0.15, 0.2) is 0 Å². The molecule has 3 aromatic heterocycles. The Morgan fingerprint density at radius 2 is 2.29 bits per heavy atom. The highest BCUT2D eigenvalue weighted by Crippen LogP contribution is 2.24. The van der Waals surface area contributed by atoms with Crippen molar-refractivity contribution in [2.24, 2.45) is 6.98 Å². The van der Waals surface area contributed by atoms with Crippen molar-refractivity contribution < 1.29 is 9.22 Å². The molecule has 0 aromatic carbocycles. The minimum absolute atomic E-state index is 0.124. The van der Waals surface area contributed by atoms with Gasteiger partial charge in [-0.15, -0.1) is 0 Å². The van der Waals surface area contributed by atoms with Crippen LogP contribution in [0.4, 0.5) is 17.5 Å². The first-order valence-corrected chi connectivity index (χ1v) is 7.27. The van der Waals surface area contributed by atoms with E-state index in [1.165, 1.54) is 30.9 Å². The highest BCUT2D eigenvalue weighted by atomic mass is 16.3. The van der Waals surface area contributed by atoms with Gasteiger partial charge in [-0.25, -0.2) is 9.97 Å². The molecule has 0 aliphatic heterocycles. The van der Waals surface area contributed by atoms with E-state index in [0.717, 1.165) is 0 Å². The van der Waals surface area contributed by atoms with Crippen molar-refractivity contribution in [3.63, 3.8) is 0 Å². The summed E-state index contributed by atoms with van der Waals surface area (Å²) in [6.45, 7) is -1.09. The van der Waals surface area contributed by atoms with E-state index in [1.54, 1.807) is 13.0 Å². The molecule has 124 valence electrons. The molecule has 3 N–H and O–H groups in total. The van der Waals surface area contributed by atoms with Crippen LogP contribution in [0.2, 0.25) is 0 Å². The normalized spacial score (nSPS) is 14.5. The summed E-state index contributed by atoms with van der Waals surface area (Å²) in [6, 6.07) is 2.75. The average molecular weight is 329 g/mol. The molecule has 0 bridgehead atoms. The molecule has 0 unspecified atom stereocenters. The number of rotatable bonds is 5. The molecule has 8 nitrogen and oxygen atoms in total. The number of hydrogen-bond donors (Lipinski definition) is 3. The Morgan fingerprint density at radius 1 is 1.42 bits per heavy atom. The fourth-order valence-corrected chi connectivity index (χ4v) is 2.21. The molecule has 8 heteroatoms. The van der Waals surface area contributed by atoms with Crippen LogP contribution in [0.25, 0.3) is 10.8 Å². The van der Waals surface area contributed by atoms with Gasteiger partial charge in [-0.3, -0.25) is 9.78 Å². The van der Waals surface area contributed by atoms with Crippen LogP contribution in [-0.2, 0) is 6.98 Å². The highest BCUT2D eigenvalue weighted by Gasteiger charge is 2.13. The van der Waals surface area contributed by atoms with Gasteiger partial charge in [0.05, 0.1) is 18.2 Å². The third-order valence-electron chi connectivity index (χ3n) is 3.36. The summed E-state index contributed by atoms with van der Waals surface area (Å²) in [5.41, 5.74) is -0.696. The molecule has 0 saturated carbocycles. The highest BCUT2D eigenvalue weighted by molar-refractivity contribution is 5.93. The Balaban J connectivity index is 2.17. The second kappa shape index (κ2) is 6.63. The quantitative estimate of drug-likeness (QED) is 0.647. The van der Waals surface area contributed by atoms with Crippen LogP contribution in [0.15, 0.2) is 41.7 Å². The van der Waals surface area contributed by atoms with Gasteiger partial charge in [-0.05, 0) is 24.4 Å². The van der Waals surface area contributed by atoms with E-state index in [2.05, 4.69) is 25.6 Å². The lowest BCUT2D eigenvalue weighted by molar-refractivity contribution is 0.281. The summed E-state index contributed by atoms with van der Waals surface area (Å²) < 4.78 is 23.2. The van der Waals surface area contributed by atoms with Crippen molar-refractivity contribution in [1.82, 2.24) is 19.5 Å². The number of aliphatic hydroxyl groups is 1. The minimum atomic E-state index is -2.61. The number of fused-ring (bicyclic) bond motifs is 1. The number of hydrogen-bond acceptors (Lipinski definition) is 7. The molecular formula is C16H18N6O2. The van der Waals surface area contributed by atoms with Crippen LogP contribution in [0.3, 0.4) is 0 Å². The Morgan fingerprint density at radius 3 is 3.00 bits per heavy atom. The van der Waals surface area contributed by atoms with Crippen LogP contribution in [0.1, 0.15) is 11.0 Å². The Kier molecular flexibility index (Phi) is 3.43. The Labute approximate surface area is 142 Å². The number of anilines is 3. The fraction of sp³-hybridized carbons (Fsp3) is 0.250. The first kappa shape index (κ1) is 12.4. The predicted octanol–water partition coefficient (Wildman–Crippen LogP) is 1.26. The lowest BCUT2D eigenvalue weighted by atomic mass is 10.2. The first-order valence-electron chi connectivity index (χ1n) is 8.77. The molecule has 3 aromatic rings. The number of nitrogens with zero attached hydrogens (tertiary/aromatic N) is 4. The third-order valence-corrected chi connectivity index (χ3v) is 3.36. The largest absolute Gasteiger partial charge is 0.394 e. The SMILES string of the molecule is [2H]C([2H])([2H])n1ccc2cc(Nc3cnccn3)nc(N[C@@H](C)CO)c2c1=O.